The fourth-order valence-corrected chi connectivity index (χ4v) is 1.93. The van der Waals surface area contributed by atoms with Gasteiger partial charge < -0.3 is 10.3 Å². The van der Waals surface area contributed by atoms with Gasteiger partial charge in [0.2, 0.25) is 0 Å². The van der Waals surface area contributed by atoms with Gasteiger partial charge in [0.25, 0.3) is 0 Å². The Morgan fingerprint density at radius 1 is 1.41 bits per heavy atom. The van der Waals surface area contributed by atoms with Crippen LogP contribution < -0.4 is 5.73 Å². The Hall–Kier alpha value is -1.39. The number of hydrogen-bond donors (Lipinski definition) is 1. The van der Waals surface area contributed by atoms with Crippen molar-refractivity contribution in [3.63, 3.8) is 0 Å². The van der Waals surface area contributed by atoms with Crippen LogP contribution in [0.15, 0.2) is 18.2 Å². The molecule has 1 aromatic carbocycles. The third kappa shape index (κ3) is 2.48. The van der Waals surface area contributed by atoms with E-state index in [1.165, 1.54) is 11.1 Å². The molecule has 17 heavy (non-hydrogen) atoms. The summed E-state index contributed by atoms with van der Waals surface area (Å²) in [6.07, 6.45) is 1.01. The molecular weight excluding hydrogens is 212 g/mol. The van der Waals surface area contributed by atoms with Crippen molar-refractivity contribution in [3.05, 3.63) is 29.6 Å². The van der Waals surface area contributed by atoms with Crippen molar-refractivity contribution >= 4 is 11.0 Å². The topological polar surface area (TPSA) is 47.1 Å². The summed E-state index contributed by atoms with van der Waals surface area (Å²) in [5.74, 6) is 1.05. The molecule has 2 aromatic rings. The number of aromatic nitrogens is 2. The fraction of sp³-hybridized carbons (Fsp3) is 0.462. The average molecular weight is 232 g/mol. The van der Waals surface area contributed by atoms with Gasteiger partial charge in [-0.1, -0.05) is 6.07 Å². The van der Waals surface area contributed by atoms with Crippen LogP contribution in [0.25, 0.3) is 11.0 Å². The molecule has 0 aliphatic carbocycles. The SMILES string of the molecule is Cc1nc2cc(CCN(C)CN)ccc2n1C. The molecule has 0 bridgehead atoms. The zero-order valence-corrected chi connectivity index (χ0v) is 10.8. The van der Waals surface area contributed by atoms with Gasteiger partial charge in [-0.3, -0.25) is 4.90 Å². The Morgan fingerprint density at radius 2 is 2.18 bits per heavy atom. The highest BCUT2D eigenvalue weighted by Gasteiger charge is 2.05. The number of hydrogen-bond acceptors (Lipinski definition) is 3. The molecule has 0 aliphatic rings. The normalized spacial score (nSPS) is 11.6. The van der Waals surface area contributed by atoms with Crippen molar-refractivity contribution in [2.75, 3.05) is 20.3 Å². The molecule has 0 amide bonds. The Bertz CT molecular complexity index is 515. The molecule has 2 N–H and O–H groups in total. The molecule has 0 spiro atoms. The minimum absolute atomic E-state index is 0.602. The summed E-state index contributed by atoms with van der Waals surface area (Å²) in [7, 11) is 4.08. The van der Waals surface area contributed by atoms with E-state index in [9.17, 15) is 0 Å². The summed E-state index contributed by atoms with van der Waals surface area (Å²) in [5, 5.41) is 0. The number of fused-ring (bicyclic) bond motifs is 1. The summed E-state index contributed by atoms with van der Waals surface area (Å²) in [4.78, 5) is 6.65. The van der Waals surface area contributed by atoms with E-state index < -0.39 is 0 Å². The fourth-order valence-electron chi connectivity index (χ4n) is 1.93. The van der Waals surface area contributed by atoms with Crippen molar-refractivity contribution < 1.29 is 0 Å². The number of benzene rings is 1. The van der Waals surface area contributed by atoms with Gasteiger partial charge in [0.15, 0.2) is 0 Å². The lowest BCUT2D eigenvalue weighted by Crippen LogP contribution is -2.27. The number of nitrogens with two attached hydrogens (primary N) is 1. The summed E-state index contributed by atoms with van der Waals surface area (Å²) < 4.78 is 2.12. The molecule has 0 unspecified atom stereocenters. The highest BCUT2D eigenvalue weighted by Crippen LogP contribution is 2.16. The van der Waals surface area contributed by atoms with Crippen LogP contribution >= 0.6 is 0 Å². The largest absolute Gasteiger partial charge is 0.331 e. The zero-order valence-electron chi connectivity index (χ0n) is 10.8. The highest BCUT2D eigenvalue weighted by molar-refractivity contribution is 5.76. The lowest BCUT2D eigenvalue weighted by atomic mass is 10.1. The Labute approximate surface area is 102 Å². The standard InChI is InChI=1S/C13H20N4/c1-10-15-12-8-11(6-7-16(2)9-14)4-5-13(12)17(10)3/h4-5,8H,6-7,9,14H2,1-3H3. The second-order valence-corrected chi connectivity index (χ2v) is 4.55. The predicted molar refractivity (Wildman–Crippen MR) is 70.8 cm³/mol. The molecule has 2 rings (SSSR count). The van der Waals surface area contributed by atoms with Gasteiger partial charge in [-0.25, -0.2) is 4.98 Å². The molecule has 0 atom stereocenters. The maximum absolute atomic E-state index is 5.56. The number of aryl methyl sites for hydroxylation is 2. The van der Waals surface area contributed by atoms with E-state index in [-0.39, 0.29) is 0 Å². The number of likely N-dealkylation sites (N-methyl/N-ethyl adjacent to an activating group) is 1. The van der Waals surface area contributed by atoms with E-state index in [1.807, 2.05) is 21.0 Å². The molecule has 0 fully saturated rings. The highest BCUT2D eigenvalue weighted by atomic mass is 15.1. The summed E-state index contributed by atoms with van der Waals surface area (Å²) >= 11 is 0. The van der Waals surface area contributed by atoms with Gasteiger partial charge in [0, 0.05) is 20.3 Å². The Morgan fingerprint density at radius 3 is 2.88 bits per heavy atom. The van der Waals surface area contributed by atoms with E-state index >= 15 is 0 Å². The molecule has 0 radical (unpaired) electrons. The van der Waals surface area contributed by atoms with Crippen LogP contribution in [-0.4, -0.2) is 34.7 Å². The van der Waals surface area contributed by atoms with Crippen LogP contribution in [0.2, 0.25) is 0 Å². The van der Waals surface area contributed by atoms with Crippen molar-refractivity contribution in [1.82, 2.24) is 14.5 Å². The number of imidazole rings is 1. The van der Waals surface area contributed by atoms with Crippen molar-refractivity contribution in [2.45, 2.75) is 13.3 Å². The van der Waals surface area contributed by atoms with Crippen LogP contribution in [0.3, 0.4) is 0 Å². The first-order valence-electron chi connectivity index (χ1n) is 5.92. The third-order valence-electron chi connectivity index (χ3n) is 3.26. The van der Waals surface area contributed by atoms with E-state index in [0.29, 0.717) is 6.67 Å². The van der Waals surface area contributed by atoms with Gasteiger partial charge in [-0.05, 0) is 38.1 Å². The predicted octanol–water partition coefficient (Wildman–Crippen LogP) is 1.27. The van der Waals surface area contributed by atoms with E-state index in [4.69, 9.17) is 5.73 Å². The number of nitrogens with zero attached hydrogens (tertiary/aromatic N) is 3. The zero-order chi connectivity index (χ0) is 12.4. The van der Waals surface area contributed by atoms with Crippen molar-refractivity contribution in [3.8, 4) is 0 Å². The lowest BCUT2D eigenvalue weighted by Gasteiger charge is -2.13. The van der Waals surface area contributed by atoms with E-state index in [0.717, 1.165) is 24.3 Å². The van der Waals surface area contributed by atoms with E-state index in [2.05, 4.69) is 32.7 Å². The minimum Gasteiger partial charge on any atom is -0.331 e. The second kappa shape index (κ2) is 4.85. The maximum atomic E-state index is 5.56. The quantitative estimate of drug-likeness (QED) is 0.808. The first-order chi connectivity index (χ1) is 8.11. The van der Waals surface area contributed by atoms with Crippen molar-refractivity contribution in [2.24, 2.45) is 12.8 Å². The summed E-state index contributed by atoms with van der Waals surface area (Å²) in [5.41, 5.74) is 9.15. The van der Waals surface area contributed by atoms with Crippen molar-refractivity contribution in [1.29, 1.82) is 0 Å². The molecule has 0 saturated carbocycles. The van der Waals surface area contributed by atoms with Gasteiger partial charge in [0.1, 0.15) is 5.82 Å². The maximum Gasteiger partial charge on any atom is 0.106 e. The molecule has 0 aliphatic heterocycles. The smallest absolute Gasteiger partial charge is 0.106 e. The van der Waals surface area contributed by atoms with Crippen LogP contribution in [-0.2, 0) is 13.5 Å². The van der Waals surface area contributed by atoms with Crippen LogP contribution in [0.5, 0.6) is 0 Å². The van der Waals surface area contributed by atoms with E-state index in [1.54, 1.807) is 0 Å². The molecule has 4 nitrogen and oxygen atoms in total. The molecule has 1 heterocycles. The monoisotopic (exact) mass is 232 g/mol. The molecule has 1 aromatic heterocycles. The molecule has 0 saturated heterocycles. The minimum atomic E-state index is 0.602. The second-order valence-electron chi connectivity index (χ2n) is 4.55. The van der Waals surface area contributed by atoms with Crippen LogP contribution in [0.1, 0.15) is 11.4 Å². The van der Waals surface area contributed by atoms with Crippen LogP contribution in [0.4, 0.5) is 0 Å². The first kappa shape index (κ1) is 12.1. The van der Waals surface area contributed by atoms with Crippen LogP contribution in [0, 0.1) is 6.92 Å². The summed E-state index contributed by atoms with van der Waals surface area (Å²) in [6.45, 7) is 3.61. The Kier molecular flexibility index (Phi) is 3.45. The Balaban J connectivity index is 2.20. The molecule has 92 valence electrons. The van der Waals surface area contributed by atoms with Gasteiger partial charge in [0.05, 0.1) is 11.0 Å². The third-order valence-corrected chi connectivity index (χ3v) is 3.26. The van der Waals surface area contributed by atoms with Gasteiger partial charge in [-0.2, -0.15) is 0 Å². The van der Waals surface area contributed by atoms with Gasteiger partial charge in [-0.15, -0.1) is 0 Å². The molecule has 4 heteroatoms. The first-order valence-corrected chi connectivity index (χ1v) is 5.92. The lowest BCUT2D eigenvalue weighted by molar-refractivity contribution is 0.349. The summed E-state index contributed by atoms with van der Waals surface area (Å²) in [6, 6.07) is 6.49. The number of rotatable bonds is 4. The van der Waals surface area contributed by atoms with Gasteiger partial charge >= 0.3 is 0 Å². The average Bonchev–Trinajstić information content (AvgIpc) is 2.62. The molecular formula is C13H20N4.